The quantitative estimate of drug-likeness (QED) is 0.185. The Balaban J connectivity index is 0.909. The van der Waals surface area contributed by atoms with Crippen LogP contribution in [-0.2, 0) is 33.2 Å². The van der Waals surface area contributed by atoms with Gasteiger partial charge in [-0.25, -0.2) is 0 Å². The summed E-state index contributed by atoms with van der Waals surface area (Å²) in [4.78, 5) is 14.5. The second kappa shape index (κ2) is 14.2. The third kappa shape index (κ3) is 6.03. The first-order valence-corrected chi connectivity index (χ1v) is 20.3. The molecule has 4 heterocycles. The van der Waals surface area contributed by atoms with Crippen LogP contribution >= 0.6 is 0 Å². The van der Waals surface area contributed by atoms with Crippen LogP contribution in [0, 0.1) is 52.3 Å². The molecular weight excluding hydrogens is 692 g/mol. The number of Topliss-reactive ketones (excluding diaryl/α,β-unsaturated/α-hetero) is 1. The number of ether oxygens (including phenoxy) is 6. The van der Waals surface area contributed by atoms with Crippen LogP contribution in [0.1, 0.15) is 85.5 Å². The minimum atomic E-state index is -1.73. The van der Waals surface area contributed by atoms with Gasteiger partial charge in [-0.2, -0.15) is 0 Å². The van der Waals surface area contributed by atoms with E-state index in [0.717, 1.165) is 44.9 Å². The van der Waals surface area contributed by atoms with E-state index >= 15 is 0 Å². The Labute approximate surface area is 311 Å². The zero-order valence-electron chi connectivity index (χ0n) is 31.4. The number of aliphatic hydroxyl groups excluding tert-OH is 7. The number of hydrogen-bond acceptors (Lipinski definition) is 14. The van der Waals surface area contributed by atoms with E-state index in [1.54, 1.807) is 0 Å². The third-order valence-corrected chi connectivity index (χ3v) is 16.0. The van der Waals surface area contributed by atoms with Gasteiger partial charge in [-0.1, -0.05) is 27.7 Å². The molecule has 1 spiro atoms. The van der Waals surface area contributed by atoms with E-state index < -0.39 is 85.8 Å². The number of ketones is 1. The third-order valence-electron chi connectivity index (χ3n) is 16.0. The maximum atomic E-state index is 14.5. The summed E-state index contributed by atoms with van der Waals surface area (Å²) in [6.45, 7) is 8.51. The van der Waals surface area contributed by atoms with Gasteiger partial charge in [0.2, 0.25) is 0 Å². The molecule has 4 saturated carbocycles. The summed E-state index contributed by atoms with van der Waals surface area (Å²) >= 11 is 0. The van der Waals surface area contributed by atoms with Crippen molar-refractivity contribution in [2.75, 3.05) is 19.8 Å². The highest BCUT2D eigenvalue weighted by Crippen LogP contribution is 2.70. The summed E-state index contributed by atoms with van der Waals surface area (Å²) < 4.78 is 36.7. The number of hydrogen-bond donors (Lipinski definition) is 7. The van der Waals surface area contributed by atoms with Crippen molar-refractivity contribution in [3.63, 3.8) is 0 Å². The average Bonchev–Trinajstić information content (AvgIpc) is 3.59. The van der Waals surface area contributed by atoms with Crippen LogP contribution in [0.4, 0.5) is 0 Å². The smallest absolute Gasteiger partial charge is 0.187 e. The van der Waals surface area contributed by atoms with Crippen molar-refractivity contribution in [3.05, 3.63) is 0 Å². The lowest BCUT2D eigenvalue weighted by Gasteiger charge is -2.60. The highest BCUT2D eigenvalue weighted by Gasteiger charge is 2.72. The molecule has 7 N–H and O–H groups in total. The number of rotatable bonds is 6. The number of carbonyl (C=O) groups excluding carboxylic acids is 1. The molecule has 0 bridgehead atoms. The topological polar surface area (TPSA) is 214 Å². The van der Waals surface area contributed by atoms with Gasteiger partial charge >= 0.3 is 0 Å². The molecule has 8 fully saturated rings. The minimum Gasteiger partial charge on any atom is -0.394 e. The molecule has 0 aromatic carbocycles. The molecule has 53 heavy (non-hydrogen) atoms. The lowest BCUT2D eigenvalue weighted by atomic mass is 9.44. The number of carbonyl (C=O) groups is 1. The van der Waals surface area contributed by atoms with Gasteiger partial charge in [-0.3, -0.25) is 4.79 Å². The maximum Gasteiger partial charge on any atom is 0.187 e. The highest BCUT2D eigenvalue weighted by atomic mass is 16.7. The van der Waals surface area contributed by atoms with E-state index in [1.165, 1.54) is 0 Å². The molecule has 0 radical (unpaired) electrons. The van der Waals surface area contributed by atoms with Crippen molar-refractivity contribution in [3.8, 4) is 0 Å². The van der Waals surface area contributed by atoms with Gasteiger partial charge < -0.3 is 64.2 Å². The summed E-state index contributed by atoms with van der Waals surface area (Å²) in [6.07, 6.45) is -7.31. The predicted octanol–water partition coefficient (Wildman–Crippen LogP) is 0.621. The van der Waals surface area contributed by atoms with E-state index in [9.17, 15) is 40.5 Å². The largest absolute Gasteiger partial charge is 0.394 e. The molecule has 8 rings (SSSR count). The standard InChI is InChI=1S/C39H62O14/c1-17-7-10-39(48-16-17)18(2)28-24(53-39)12-23-21-6-5-19-11-20(8-9-37(19,3)22(21)13-27(42)38(23,28)4)49-35-33(47)31(45)34(26(15-41)51-35)52-36-32(46)30(44)29(43)25(14-40)50-36/h17-26,28-36,40-41,43-47H,5-16H2,1-4H3/t17-,18+,19+,20+,21?,22?,23?,24?,25-,26-,28?,29-,30+,31-,32-,33-,34+,35-,36-,37+,38-,39?/m1/s1. The summed E-state index contributed by atoms with van der Waals surface area (Å²) in [5.74, 6) is 2.02. The molecule has 4 aliphatic carbocycles. The Morgan fingerprint density at radius 1 is 0.774 bits per heavy atom. The van der Waals surface area contributed by atoms with Crippen molar-refractivity contribution in [1.82, 2.24) is 0 Å². The first kappa shape index (κ1) is 39.0. The molecule has 6 unspecified atom stereocenters. The first-order valence-electron chi connectivity index (χ1n) is 20.3. The average molecular weight is 755 g/mol. The fourth-order valence-corrected chi connectivity index (χ4v) is 12.9. The van der Waals surface area contributed by atoms with E-state index in [1.807, 2.05) is 0 Å². The number of fused-ring (bicyclic) bond motifs is 7. The fraction of sp³-hybridized carbons (Fsp3) is 0.974. The van der Waals surface area contributed by atoms with E-state index in [2.05, 4.69) is 27.7 Å². The van der Waals surface area contributed by atoms with Crippen molar-refractivity contribution in [1.29, 1.82) is 0 Å². The van der Waals surface area contributed by atoms with Crippen LogP contribution in [0.3, 0.4) is 0 Å². The zero-order chi connectivity index (χ0) is 37.8. The monoisotopic (exact) mass is 754 g/mol. The fourth-order valence-electron chi connectivity index (χ4n) is 12.9. The van der Waals surface area contributed by atoms with E-state index in [0.29, 0.717) is 48.9 Å². The van der Waals surface area contributed by atoms with Crippen molar-refractivity contribution in [2.45, 2.75) is 165 Å². The second-order valence-corrected chi connectivity index (χ2v) is 18.6. The summed E-state index contributed by atoms with van der Waals surface area (Å²) in [5, 5.41) is 72.8. The number of aliphatic hydroxyl groups is 7. The van der Waals surface area contributed by atoms with Gasteiger partial charge in [-0.05, 0) is 80.0 Å². The normalized spacial score (nSPS) is 58.2. The molecule has 0 aromatic heterocycles. The molecule has 14 nitrogen and oxygen atoms in total. The molecule has 14 heteroatoms. The molecule has 22 atom stereocenters. The SMILES string of the molecule is C[C@@H]1CCC2(OC1)OC1CC3C4CC[C@H]5C[C@@H](O[C@@H]6O[C@H](CO)[C@H](O[C@H]7O[C@H](CO)[C@@H](O)[C@H](O)[C@H]7O)[C@H](O)[C@H]6O)CC[C@]5(C)C4CC(=O)[C@]3(C)C1[C@@H]2C. The second-order valence-electron chi connectivity index (χ2n) is 18.6. The van der Waals surface area contributed by atoms with Gasteiger partial charge in [0, 0.05) is 30.1 Å². The molecule has 4 aliphatic heterocycles. The van der Waals surface area contributed by atoms with Crippen LogP contribution in [0.15, 0.2) is 0 Å². The Morgan fingerprint density at radius 2 is 1.47 bits per heavy atom. The van der Waals surface area contributed by atoms with Gasteiger partial charge in [0.1, 0.15) is 54.6 Å². The lowest BCUT2D eigenvalue weighted by Crippen LogP contribution is -2.65. The summed E-state index contributed by atoms with van der Waals surface area (Å²) in [7, 11) is 0. The Kier molecular flexibility index (Phi) is 10.5. The predicted molar refractivity (Wildman–Crippen MR) is 183 cm³/mol. The summed E-state index contributed by atoms with van der Waals surface area (Å²) in [6, 6.07) is 0. The van der Waals surface area contributed by atoms with Gasteiger partial charge in [0.15, 0.2) is 18.4 Å². The minimum absolute atomic E-state index is 0.0443. The van der Waals surface area contributed by atoms with Gasteiger partial charge in [0.25, 0.3) is 0 Å². The molecule has 8 aliphatic rings. The highest BCUT2D eigenvalue weighted by molar-refractivity contribution is 5.87. The van der Waals surface area contributed by atoms with Crippen LogP contribution in [0.25, 0.3) is 0 Å². The molecule has 0 amide bonds. The van der Waals surface area contributed by atoms with Crippen LogP contribution < -0.4 is 0 Å². The van der Waals surface area contributed by atoms with Crippen molar-refractivity contribution >= 4 is 5.78 Å². The van der Waals surface area contributed by atoms with E-state index in [4.69, 9.17) is 28.4 Å². The Bertz CT molecular complexity index is 1340. The van der Waals surface area contributed by atoms with Gasteiger partial charge in [0.05, 0.1) is 32.0 Å². The van der Waals surface area contributed by atoms with Crippen molar-refractivity contribution < 1.29 is 69.0 Å². The van der Waals surface area contributed by atoms with E-state index in [-0.39, 0.29) is 35.4 Å². The molecule has 0 aromatic rings. The lowest BCUT2D eigenvalue weighted by molar-refractivity contribution is -0.364. The first-order chi connectivity index (χ1) is 25.2. The van der Waals surface area contributed by atoms with Crippen LogP contribution in [0.5, 0.6) is 0 Å². The molecule has 4 saturated heterocycles. The molecule has 302 valence electrons. The maximum absolute atomic E-state index is 14.5. The van der Waals surface area contributed by atoms with Gasteiger partial charge in [-0.15, -0.1) is 0 Å². The zero-order valence-corrected chi connectivity index (χ0v) is 31.4. The molecular formula is C39H62O14. The van der Waals surface area contributed by atoms with Crippen LogP contribution in [0.2, 0.25) is 0 Å². The van der Waals surface area contributed by atoms with Crippen LogP contribution in [-0.4, -0.2) is 141 Å². The Hall–Kier alpha value is -0.850. The Morgan fingerprint density at radius 3 is 2.17 bits per heavy atom. The summed E-state index contributed by atoms with van der Waals surface area (Å²) in [5.41, 5.74) is -0.453. The van der Waals surface area contributed by atoms with Crippen molar-refractivity contribution in [2.24, 2.45) is 52.3 Å².